The summed E-state index contributed by atoms with van der Waals surface area (Å²) in [6.07, 6.45) is 23.5. The van der Waals surface area contributed by atoms with Gasteiger partial charge in [0.25, 0.3) is 0 Å². The predicted octanol–water partition coefficient (Wildman–Crippen LogP) is 12.1. The Morgan fingerprint density at radius 2 is 0.700 bits per heavy atom. The summed E-state index contributed by atoms with van der Waals surface area (Å²) in [6, 6.07) is 0. The number of thiocarbonyl (C=S) groups is 2. The van der Waals surface area contributed by atoms with E-state index in [9.17, 15) is 0 Å². The quantitative estimate of drug-likeness (QED) is 0.0750. The summed E-state index contributed by atoms with van der Waals surface area (Å²) in [7, 11) is 3.35. The average molecular weight is 625 g/mol. The van der Waals surface area contributed by atoms with Gasteiger partial charge in [0.05, 0.1) is 0 Å². The van der Waals surface area contributed by atoms with Crippen molar-refractivity contribution in [2.45, 2.75) is 132 Å². The Labute approximate surface area is 268 Å². The molecule has 2 nitrogen and oxygen atoms in total. The molecule has 0 heterocycles. The van der Waals surface area contributed by atoms with Crippen LogP contribution >= 0.6 is 46.0 Å². The topological polar surface area (TPSA) is 6.48 Å². The fourth-order valence-corrected chi connectivity index (χ4v) is 6.94. The average Bonchev–Trinajstić information content (AvgIpc) is 2.97. The number of unbranched alkanes of at least 4 members (excludes halogenated alkanes) is 4. The maximum Gasteiger partial charge on any atom is 0.148 e. The van der Waals surface area contributed by atoms with Crippen LogP contribution in [-0.2, 0) is 0 Å². The highest BCUT2D eigenvalue weighted by Crippen LogP contribution is 2.31. The summed E-state index contributed by atoms with van der Waals surface area (Å²) in [5, 5.41) is 0. The molecule has 230 valence electrons. The molecule has 0 spiro atoms. The van der Waals surface area contributed by atoms with E-state index in [1.54, 1.807) is 21.6 Å². The first-order chi connectivity index (χ1) is 19.3. The minimum Gasteiger partial charge on any atom is -0.349 e. The van der Waals surface area contributed by atoms with Crippen molar-refractivity contribution in [3.05, 3.63) is 46.6 Å². The lowest BCUT2D eigenvalue weighted by atomic mass is 10.1. The van der Waals surface area contributed by atoms with E-state index >= 15 is 0 Å². The predicted molar refractivity (Wildman–Crippen MR) is 197 cm³/mol. The molecule has 0 aliphatic heterocycles. The molecule has 0 rings (SSSR count). The summed E-state index contributed by atoms with van der Waals surface area (Å²) in [5.74, 6) is 0. The van der Waals surface area contributed by atoms with Gasteiger partial charge in [-0.15, -0.1) is 0 Å². The Kier molecular flexibility index (Phi) is 25.7. The Morgan fingerprint density at radius 3 is 0.875 bits per heavy atom. The molecule has 0 bridgehead atoms. The molecule has 0 N–H and O–H groups in total. The molecule has 0 aromatic rings. The second-order valence-corrected chi connectivity index (χ2v) is 14.0. The minimum absolute atomic E-state index is 0.905. The van der Waals surface area contributed by atoms with Crippen LogP contribution < -0.4 is 0 Å². The first-order valence-corrected chi connectivity index (χ1v) is 18.8. The van der Waals surface area contributed by atoms with Crippen LogP contribution in [0.25, 0.3) is 0 Å². The Morgan fingerprint density at radius 1 is 0.475 bits per heavy atom. The monoisotopic (exact) mass is 624 g/mol. The summed E-state index contributed by atoms with van der Waals surface area (Å²) >= 11 is 12.2. The summed E-state index contributed by atoms with van der Waals surface area (Å²) in [5.41, 5.74) is 5.92. The van der Waals surface area contributed by atoms with E-state index in [-0.39, 0.29) is 0 Å². The van der Waals surface area contributed by atoms with E-state index in [1.807, 2.05) is 0 Å². The lowest BCUT2D eigenvalue weighted by Crippen LogP contribution is -2.33. The molecule has 40 heavy (non-hydrogen) atoms. The second-order valence-electron chi connectivity index (χ2n) is 10.6. The van der Waals surface area contributed by atoms with Gasteiger partial charge in [0.2, 0.25) is 0 Å². The third kappa shape index (κ3) is 18.1. The Balaban J connectivity index is 5.72. The Bertz CT molecular complexity index is 706. The highest BCUT2D eigenvalue weighted by molar-refractivity contribution is 8.89. The van der Waals surface area contributed by atoms with Crippen LogP contribution in [0.4, 0.5) is 0 Å². The first kappa shape index (κ1) is 39.4. The molecule has 0 aliphatic carbocycles. The number of rotatable bonds is 20. The van der Waals surface area contributed by atoms with Crippen molar-refractivity contribution < 1.29 is 0 Å². The fourth-order valence-electron chi connectivity index (χ4n) is 4.40. The van der Waals surface area contributed by atoms with E-state index in [4.69, 9.17) is 24.4 Å². The number of hydrogen-bond donors (Lipinski definition) is 0. The van der Waals surface area contributed by atoms with Gasteiger partial charge >= 0.3 is 0 Å². The maximum atomic E-state index is 6.09. The molecule has 0 aromatic carbocycles. The smallest absolute Gasteiger partial charge is 0.148 e. The zero-order valence-corrected chi connectivity index (χ0v) is 30.4. The number of hydrogen-bond acceptors (Lipinski definition) is 4. The van der Waals surface area contributed by atoms with E-state index in [1.165, 1.54) is 73.7 Å². The van der Waals surface area contributed by atoms with Crippen molar-refractivity contribution in [3.8, 4) is 0 Å². The van der Waals surface area contributed by atoms with Gasteiger partial charge in [-0.3, -0.25) is 0 Å². The molecular formula is C34H60N2S4. The van der Waals surface area contributed by atoms with Gasteiger partial charge in [0.1, 0.15) is 8.64 Å². The molecule has 0 fully saturated rings. The molecule has 0 atom stereocenters. The fraction of sp³-hybridized carbons (Fsp3) is 0.706. The van der Waals surface area contributed by atoms with Crippen LogP contribution in [0.3, 0.4) is 0 Å². The maximum absolute atomic E-state index is 6.09. The minimum atomic E-state index is 0.905. The molecule has 0 radical (unpaired) electrons. The summed E-state index contributed by atoms with van der Waals surface area (Å²) in [6.45, 7) is 21.4. The number of allylic oxidation sites excluding steroid dienone is 4. The van der Waals surface area contributed by atoms with E-state index in [2.05, 4.69) is 89.5 Å². The second kappa shape index (κ2) is 26.1. The van der Waals surface area contributed by atoms with Gasteiger partial charge in [-0.05, 0) is 101 Å². The van der Waals surface area contributed by atoms with Crippen molar-refractivity contribution in [1.29, 1.82) is 0 Å². The van der Waals surface area contributed by atoms with Gasteiger partial charge in [-0.1, -0.05) is 124 Å². The van der Waals surface area contributed by atoms with Crippen molar-refractivity contribution in [3.63, 3.8) is 0 Å². The lowest BCUT2D eigenvalue weighted by molar-refractivity contribution is 0.485. The SMILES string of the molecule is CC=C(CCCC)CN(CC(=CC)CCCC)C(=S)SSC(=S)N(CC(=CC)CCCC)CC(=CC)CCCC. The van der Waals surface area contributed by atoms with Gasteiger partial charge in [0, 0.05) is 26.2 Å². The molecular weight excluding hydrogens is 565 g/mol. The largest absolute Gasteiger partial charge is 0.349 e. The van der Waals surface area contributed by atoms with E-state index in [0.717, 1.165) is 60.5 Å². The van der Waals surface area contributed by atoms with Gasteiger partial charge in [-0.25, -0.2) is 0 Å². The van der Waals surface area contributed by atoms with Crippen molar-refractivity contribution in [1.82, 2.24) is 9.80 Å². The highest BCUT2D eigenvalue weighted by atomic mass is 33.1. The van der Waals surface area contributed by atoms with E-state index < -0.39 is 0 Å². The van der Waals surface area contributed by atoms with E-state index in [0.29, 0.717) is 0 Å². The molecule has 0 unspecified atom stereocenters. The third-order valence-corrected chi connectivity index (χ3v) is 11.0. The van der Waals surface area contributed by atoms with Crippen LogP contribution in [-0.4, -0.2) is 44.6 Å². The van der Waals surface area contributed by atoms with Crippen molar-refractivity contribution >= 4 is 54.7 Å². The zero-order valence-electron chi connectivity index (χ0n) is 27.2. The first-order valence-electron chi connectivity index (χ1n) is 15.8. The molecule has 0 saturated carbocycles. The number of nitrogens with zero attached hydrogens (tertiary/aromatic N) is 2. The standard InChI is InChI=1S/C34H60N2S4/c1-9-17-21-29(13-5)25-35(26-30(14-6)22-18-10-2)33(37)39-40-34(38)36(27-31(15-7)23-19-11-3)28-32(16-8)24-20-12-4/h13-16H,9-12,17-28H2,1-8H3. The molecule has 0 saturated heterocycles. The summed E-state index contributed by atoms with van der Waals surface area (Å²) in [4.78, 5) is 4.82. The van der Waals surface area contributed by atoms with Crippen LogP contribution in [0.15, 0.2) is 46.6 Å². The highest BCUT2D eigenvalue weighted by Gasteiger charge is 2.19. The lowest BCUT2D eigenvalue weighted by Gasteiger charge is -2.29. The molecule has 6 heteroatoms. The Hall–Kier alpha value is -0.560. The van der Waals surface area contributed by atoms with Crippen molar-refractivity contribution in [2.75, 3.05) is 26.2 Å². The van der Waals surface area contributed by atoms with Crippen LogP contribution in [0.2, 0.25) is 0 Å². The van der Waals surface area contributed by atoms with Gasteiger partial charge in [0.15, 0.2) is 0 Å². The molecule has 0 aliphatic rings. The zero-order chi connectivity index (χ0) is 30.2. The van der Waals surface area contributed by atoms with Crippen LogP contribution in [0.5, 0.6) is 0 Å². The van der Waals surface area contributed by atoms with Crippen LogP contribution in [0.1, 0.15) is 132 Å². The summed E-state index contributed by atoms with van der Waals surface area (Å²) < 4.78 is 1.88. The third-order valence-electron chi connectivity index (χ3n) is 7.32. The van der Waals surface area contributed by atoms with Crippen molar-refractivity contribution in [2.24, 2.45) is 0 Å². The van der Waals surface area contributed by atoms with Crippen LogP contribution in [0, 0.1) is 0 Å². The molecule has 0 aromatic heterocycles. The normalized spacial score (nSPS) is 13.1. The van der Waals surface area contributed by atoms with Gasteiger partial charge in [-0.2, -0.15) is 0 Å². The van der Waals surface area contributed by atoms with Gasteiger partial charge < -0.3 is 9.80 Å². The molecule has 0 amide bonds.